The molecule has 29 heavy (non-hydrogen) atoms. The van der Waals surface area contributed by atoms with Gasteiger partial charge >= 0.3 is 6.61 Å². The minimum atomic E-state index is -3.14. The molecule has 0 fully saturated rings. The normalized spacial score (nSPS) is 11.4. The van der Waals surface area contributed by atoms with Gasteiger partial charge in [-0.05, 0) is 36.8 Å². The first-order chi connectivity index (χ1) is 13.8. The van der Waals surface area contributed by atoms with E-state index in [0.29, 0.717) is 5.82 Å². The van der Waals surface area contributed by atoms with Crippen LogP contribution in [0.5, 0.6) is 5.75 Å². The number of halogens is 4. The lowest BCUT2D eigenvalue weighted by Gasteiger charge is -2.15. The van der Waals surface area contributed by atoms with Gasteiger partial charge in [0.25, 0.3) is 0 Å². The van der Waals surface area contributed by atoms with E-state index in [1.807, 2.05) is 24.3 Å². The number of aromatic nitrogens is 4. The van der Waals surface area contributed by atoms with Gasteiger partial charge in [0, 0.05) is 0 Å². The summed E-state index contributed by atoms with van der Waals surface area (Å²) in [4.78, 5) is 12.7. The third-order valence-electron chi connectivity index (χ3n) is 4.24. The predicted octanol–water partition coefficient (Wildman–Crippen LogP) is 4.77. The van der Waals surface area contributed by atoms with Crippen molar-refractivity contribution in [1.29, 1.82) is 0 Å². The van der Waals surface area contributed by atoms with Crippen LogP contribution in [0, 0.1) is 12.7 Å². The van der Waals surface area contributed by atoms with Crippen LogP contribution in [-0.2, 0) is 0 Å². The molecule has 0 radical (unpaired) electrons. The van der Waals surface area contributed by atoms with Gasteiger partial charge < -0.3 is 10.5 Å². The maximum Gasteiger partial charge on any atom is 0.387 e. The third kappa shape index (κ3) is 3.44. The van der Waals surface area contributed by atoms with Crippen molar-refractivity contribution in [2.45, 2.75) is 13.5 Å². The van der Waals surface area contributed by atoms with Crippen molar-refractivity contribution >= 4 is 28.6 Å². The zero-order valence-electron chi connectivity index (χ0n) is 14.9. The standard InChI is InChI=1S/C19H13ClF3N5O/c1-9-25-12-4-2-3-5-13(12)28(9)17-15(16(20)26-19(24)27-17)10-6-7-14(11(21)8-10)29-18(22)23/h2-8,18H,1H3,(H2,24,26,27). The highest BCUT2D eigenvalue weighted by Gasteiger charge is 2.21. The minimum absolute atomic E-state index is 0.0217. The molecule has 0 unspecified atom stereocenters. The van der Waals surface area contributed by atoms with Crippen LogP contribution in [0.15, 0.2) is 42.5 Å². The second-order valence-corrected chi connectivity index (χ2v) is 6.44. The molecule has 2 heterocycles. The van der Waals surface area contributed by atoms with Gasteiger partial charge in [0.15, 0.2) is 17.4 Å². The first-order valence-corrected chi connectivity index (χ1v) is 8.75. The summed E-state index contributed by atoms with van der Waals surface area (Å²) in [6.45, 7) is -1.37. The number of aryl methyl sites for hydroxylation is 1. The van der Waals surface area contributed by atoms with Gasteiger partial charge in [-0.1, -0.05) is 29.8 Å². The first kappa shape index (κ1) is 19.0. The highest BCUT2D eigenvalue weighted by atomic mass is 35.5. The van der Waals surface area contributed by atoms with Crippen molar-refractivity contribution in [2.24, 2.45) is 0 Å². The lowest BCUT2D eigenvalue weighted by atomic mass is 10.1. The van der Waals surface area contributed by atoms with E-state index < -0.39 is 18.2 Å². The van der Waals surface area contributed by atoms with Gasteiger partial charge in [0.2, 0.25) is 5.95 Å². The van der Waals surface area contributed by atoms with Gasteiger partial charge in [-0.2, -0.15) is 13.8 Å². The van der Waals surface area contributed by atoms with Crippen molar-refractivity contribution in [3.05, 3.63) is 59.3 Å². The van der Waals surface area contributed by atoms with Crippen molar-refractivity contribution in [3.8, 4) is 22.7 Å². The number of nitrogens with zero attached hydrogens (tertiary/aromatic N) is 4. The van der Waals surface area contributed by atoms with Crippen LogP contribution in [0.25, 0.3) is 28.0 Å². The molecule has 0 amide bonds. The maximum atomic E-state index is 14.3. The Morgan fingerprint density at radius 3 is 2.59 bits per heavy atom. The molecule has 0 saturated carbocycles. The number of anilines is 1. The topological polar surface area (TPSA) is 78.9 Å². The summed E-state index contributed by atoms with van der Waals surface area (Å²) in [5.74, 6) is -0.754. The Kier molecular flexibility index (Phi) is 4.75. The predicted molar refractivity (Wildman–Crippen MR) is 103 cm³/mol. The van der Waals surface area contributed by atoms with Crippen LogP contribution in [0.1, 0.15) is 5.82 Å². The molecule has 2 N–H and O–H groups in total. The van der Waals surface area contributed by atoms with E-state index in [2.05, 4.69) is 19.7 Å². The van der Waals surface area contributed by atoms with Crippen molar-refractivity contribution in [1.82, 2.24) is 19.5 Å². The van der Waals surface area contributed by atoms with E-state index in [1.165, 1.54) is 6.07 Å². The fourth-order valence-electron chi connectivity index (χ4n) is 3.11. The molecule has 0 bridgehead atoms. The summed E-state index contributed by atoms with van der Waals surface area (Å²) in [6, 6.07) is 10.9. The van der Waals surface area contributed by atoms with E-state index in [-0.39, 0.29) is 28.0 Å². The molecule has 2 aromatic carbocycles. The number of alkyl halides is 2. The number of fused-ring (bicyclic) bond motifs is 1. The lowest BCUT2D eigenvalue weighted by Crippen LogP contribution is -2.08. The number of hydrogen-bond acceptors (Lipinski definition) is 5. The Bertz CT molecular complexity index is 1230. The number of para-hydroxylation sites is 2. The quantitative estimate of drug-likeness (QED) is 0.482. The molecule has 6 nitrogen and oxygen atoms in total. The number of nitrogens with two attached hydrogens (primary N) is 1. The van der Waals surface area contributed by atoms with Gasteiger partial charge in [-0.25, -0.2) is 14.4 Å². The fraction of sp³-hybridized carbons (Fsp3) is 0.105. The monoisotopic (exact) mass is 419 g/mol. The first-order valence-electron chi connectivity index (χ1n) is 8.37. The molecule has 0 aliphatic rings. The highest BCUT2D eigenvalue weighted by Crippen LogP contribution is 2.36. The van der Waals surface area contributed by atoms with Crippen LogP contribution in [0.4, 0.5) is 19.1 Å². The van der Waals surface area contributed by atoms with Gasteiger partial charge in [-0.15, -0.1) is 0 Å². The Labute approximate surface area is 167 Å². The second-order valence-electron chi connectivity index (χ2n) is 6.08. The van der Waals surface area contributed by atoms with Crippen molar-refractivity contribution in [2.75, 3.05) is 5.73 Å². The van der Waals surface area contributed by atoms with Crippen molar-refractivity contribution < 1.29 is 17.9 Å². The summed E-state index contributed by atoms with van der Waals surface area (Å²) >= 11 is 6.33. The number of nitrogen functional groups attached to an aromatic ring is 1. The Balaban J connectivity index is 1.96. The Hall–Kier alpha value is -3.33. The number of ether oxygens (including phenoxy) is 1. The van der Waals surface area contributed by atoms with E-state index in [1.54, 1.807) is 11.5 Å². The van der Waals surface area contributed by atoms with E-state index in [0.717, 1.165) is 23.2 Å². The Morgan fingerprint density at radius 2 is 1.86 bits per heavy atom. The molecular formula is C19H13ClF3N5O. The summed E-state index contributed by atoms with van der Waals surface area (Å²) < 4.78 is 45.0. The molecule has 10 heteroatoms. The van der Waals surface area contributed by atoms with Crippen LogP contribution >= 0.6 is 11.6 Å². The average Bonchev–Trinajstić information content (AvgIpc) is 2.98. The van der Waals surface area contributed by atoms with E-state index in [9.17, 15) is 13.2 Å². The highest BCUT2D eigenvalue weighted by molar-refractivity contribution is 6.32. The molecular weight excluding hydrogens is 407 g/mol. The zero-order valence-corrected chi connectivity index (χ0v) is 15.7. The van der Waals surface area contributed by atoms with Crippen LogP contribution in [0.2, 0.25) is 5.15 Å². The zero-order chi connectivity index (χ0) is 20.7. The number of hydrogen-bond donors (Lipinski definition) is 1. The molecule has 0 aliphatic heterocycles. The molecule has 148 valence electrons. The molecule has 2 aromatic heterocycles. The number of imidazole rings is 1. The number of rotatable bonds is 4. The molecule has 0 saturated heterocycles. The van der Waals surface area contributed by atoms with Gasteiger partial charge in [0.05, 0.1) is 16.6 Å². The van der Waals surface area contributed by atoms with Gasteiger partial charge in [-0.3, -0.25) is 4.57 Å². The summed E-state index contributed by atoms with van der Waals surface area (Å²) in [6.07, 6.45) is 0. The smallest absolute Gasteiger partial charge is 0.387 e. The summed E-state index contributed by atoms with van der Waals surface area (Å²) in [7, 11) is 0. The van der Waals surface area contributed by atoms with Crippen LogP contribution < -0.4 is 10.5 Å². The molecule has 4 rings (SSSR count). The lowest BCUT2D eigenvalue weighted by molar-refractivity contribution is -0.0521. The maximum absolute atomic E-state index is 14.3. The summed E-state index contributed by atoms with van der Waals surface area (Å²) in [5.41, 5.74) is 7.79. The largest absolute Gasteiger partial charge is 0.432 e. The molecule has 0 spiro atoms. The van der Waals surface area contributed by atoms with Gasteiger partial charge in [0.1, 0.15) is 11.0 Å². The molecule has 0 atom stereocenters. The molecule has 4 aromatic rings. The van der Waals surface area contributed by atoms with Crippen LogP contribution in [0.3, 0.4) is 0 Å². The SMILES string of the molecule is Cc1nc2ccccc2n1-c1nc(N)nc(Cl)c1-c1ccc(OC(F)F)c(F)c1. The third-order valence-corrected chi connectivity index (χ3v) is 4.51. The average molecular weight is 420 g/mol. The van der Waals surface area contributed by atoms with E-state index in [4.69, 9.17) is 17.3 Å². The second kappa shape index (κ2) is 7.25. The van der Waals surface area contributed by atoms with Crippen LogP contribution in [-0.4, -0.2) is 26.1 Å². The molecule has 0 aliphatic carbocycles. The Morgan fingerprint density at radius 1 is 1.10 bits per heavy atom. The number of benzene rings is 2. The van der Waals surface area contributed by atoms with E-state index >= 15 is 0 Å². The fourth-order valence-corrected chi connectivity index (χ4v) is 3.39. The minimum Gasteiger partial charge on any atom is -0.432 e. The summed E-state index contributed by atoms with van der Waals surface area (Å²) in [5, 5.41) is -0.0217. The van der Waals surface area contributed by atoms with Crippen molar-refractivity contribution in [3.63, 3.8) is 0 Å².